The Morgan fingerprint density at radius 1 is 1.11 bits per heavy atom. The highest BCUT2D eigenvalue weighted by Gasteiger charge is 2.26. The van der Waals surface area contributed by atoms with E-state index in [4.69, 9.17) is 4.42 Å². The summed E-state index contributed by atoms with van der Waals surface area (Å²) in [6.07, 6.45) is 9.18. The molecule has 3 heterocycles. The molecule has 0 radical (unpaired) electrons. The number of nitrogens with zero attached hydrogens (tertiary/aromatic N) is 3. The van der Waals surface area contributed by atoms with Crippen LogP contribution in [-0.4, -0.2) is 35.0 Å². The molecule has 5 rings (SSSR count). The number of piperidine rings is 1. The molecule has 2 fully saturated rings. The maximum absolute atomic E-state index is 12.3. The minimum Gasteiger partial charge on any atom is -0.450 e. The van der Waals surface area contributed by atoms with Crippen molar-refractivity contribution in [1.29, 1.82) is 0 Å². The molecule has 0 spiro atoms. The molecule has 1 saturated carbocycles. The van der Waals surface area contributed by atoms with Gasteiger partial charge in [-0.25, -0.2) is 9.97 Å². The van der Waals surface area contributed by atoms with E-state index in [0.29, 0.717) is 12.3 Å². The molecule has 1 aliphatic heterocycles. The van der Waals surface area contributed by atoms with Crippen molar-refractivity contribution < 1.29 is 9.21 Å². The van der Waals surface area contributed by atoms with Gasteiger partial charge in [0.15, 0.2) is 11.4 Å². The van der Waals surface area contributed by atoms with Gasteiger partial charge < -0.3 is 14.6 Å². The van der Waals surface area contributed by atoms with Crippen molar-refractivity contribution in [1.82, 2.24) is 15.3 Å². The fourth-order valence-corrected chi connectivity index (χ4v) is 4.74. The SMILES string of the molecule is O=C(CC1CCCC1)NC1CCN(c2ncnc3c2oc2ccccc23)CC1. The van der Waals surface area contributed by atoms with Gasteiger partial charge in [0, 0.05) is 30.9 Å². The van der Waals surface area contributed by atoms with Crippen LogP contribution in [-0.2, 0) is 4.79 Å². The zero-order chi connectivity index (χ0) is 18.9. The van der Waals surface area contributed by atoms with Gasteiger partial charge in [0.1, 0.15) is 17.4 Å². The molecular weight excluding hydrogens is 352 g/mol. The van der Waals surface area contributed by atoms with Crippen molar-refractivity contribution in [2.75, 3.05) is 18.0 Å². The number of furan rings is 1. The van der Waals surface area contributed by atoms with Crippen molar-refractivity contribution >= 4 is 33.8 Å². The van der Waals surface area contributed by atoms with E-state index in [1.807, 2.05) is 24.3 Å². The van der Waals surface area contributed by atoms with Crippen LogP contribution in [0.4, 0.5) is 5.82 Å². The number of rotatable bonds is 4. The van der Waals surface area contributed by atoms with Gasteiger partial charge in [0.2, 0.25) is 5.91 Å². The highest BCUT2D eigenvalue weighted by Crippen LogP contribution is 2.33. The largest absolute Gasteiger partial charge is 0.450 e. The highest BCUT2D eigenvalue weighted by atomic mass is 16.3. The predicted octanol–water partition coefficient (Wildman–Crippen LogP) is 4.04. The number of anilines is 1. The van der Waals surface area contributed by atoms with Crippen LogP contribution in [0.1, 0.15) is 44.9 Å². The average molecular weight is 378 g/mol. The van der Waals surface area contributed by atoms with Gasteiger partial charge in [-0.3, -0.25) is 4.79 Å². The highest BCUT2D eigenvalue weighted by molar-refractivity contribution is 6.05. The second-order valence-corrected chi connectivity index (χ2v) is 8.16. The molecule has 2 aromatic heterocycles. The molecule has 0 atom stereocenters. The van der Waals surface area contributed by atoms with Crippen LogP contribution in [0.25, 0.3) is 22.1 Å². The van der Waals surface area contributed by atoms with E-state index < -0.39 is 0 Å². The standard InChI is InChI=1S/C22H26N4O2/c27-19(13-15-5-1-2-6-15)25-16-9-11-26(12-10-16)22-21-20(23-14-24-22)17-7-3-4-8-18(17)28-21/h3-4,7-8,14-16H,1-2,5-6,9-13H2,(H,25,27). The molecule has 146 valence electrons. The van der Waals surface area contributed by atoms with Crippen molar-refractivity contribution in [3.05, 3.63) is 30.6 Å². The summed E-state index contributed by atoms with van der Waals surface area (Å²) in [5.41, 5.74) is 2.47. The maximum Gasteiger partial charge on any atom is 0.220 e. The van der Waals surface area contributed by atoms with Crippen molar-refractivity contribution in [3.8, 4) is 0 Å². The van der Waals surface area contributed by atoms with Crippen LogP contribution in [0.3, 0.4) is 0 Å². The van der Waals surface area contributed by atoms with E-state index in [-0.39, 0.29) is 11.9 Å². The summed E-state index contributed by atoms with van der Waals surface area (Å²) >= 11 is 0. The van der Waals surface area contributed by atoms with Crippen LogP contribution in [0.15, 0.2) is 35.0 Å². The molecule has 1 amide bonds. The number of nitrogens with one attached hydrogen (secondary N) is 1. The fraction of sp³-hybridized carbons (Fsp3) is 0.500. The first-order valence-corrected chi connectivity index (χ1v) is 10.4. The van der Waals surface area contributed by atoms with E-state index in [9.17, 15) is 4.79 Å². The van der Waals surface area contributed by atoms with Gasteiger partial charge in [0.25, 0.3) is 0 Å². The molecule has 3 aromatic rings. The smallest absolute Gasteiger partial charge is 0.220 e. The Bertz CT molecular complexity index is 985. The first-order chi connectivity index (χ1) is 13.8. The Labute approximate surface area is 164 Å². The second-order valence-electron chi connectivity index (χ2n) is 8.16. The number of fused-ring (bicyclic) bond motifs is 3. The second kappa shape index (κ2) is 7.41. The van der Waals surface area contributed by atoms with Crippen molar-refractivity contribution in [2.24, 2.45) is 5.92 Å². The van der Waals surface area contributed by atoms with Crippen molar-refractivity contribution in [2.45, 2.75) is 51.0 Å². The monoisotopic (exact) mass is 378 g/mol. The molecule has 2 aliphatic rings. The molecule has 1 N–H and O–H groups in total. The summed E-state index contributed by atoms with van der Waals surface area (Å²) in [7, 11) is 0. The van der Waals surface area contributed by atoms with Crippen LogP contribution < -0.4 is 10.2 Å². The summed E-state index contributed by atoms with van der Waals surface area (Å²) in [5.74, 6) is 1.69. The van der Waals surface area contributed by atoms with Gasteiger partial charge >= 0.3 is 0 Å². The normalized spacial score (nSPS) is 18.9. The Hall–Kier alpha value is -2.63. The summed E-state index contributed by atoms with van der Waals surface area (Å²) < 4.78 is 6.07. The minimum absolute atomic E-state index is 0.229. The first kappa shape index (κ1) is 17.5. The van der Waals surface area contributed by atoms with Gasteiger partial charge in [-0.2, -0.15) is 0 Å². The van der Waals surface area contributed by atoms with Gasteiger partial charge in [-0.15, -0.1) is 0 Å². The van der Waals surface area contributed by atoms with Crippen LogP contribution >= 0.6 is 0 Å². The lowest BCUT2D eigenvalue weighted by molar-refractivity contribution is -0.122. The lowest BCUT2D eigenvalue weighted by Crippen LogP contribution is -2.45. The number of aromatic nitrogens is 2. The molecule has 0 bridgehead atoms. The third-order valence-corrected chi connectivity index (χ3v) is 6.25. The summed E-state index contributed by atoms with van der Waals surface area (Å²) in [6.45, 7) is 1.72. The number of carbonyl (C=O) groups excluding carboxylic acids is 1. The lowest BCUT2D eigenvalue weighted by Gasteiger charge is -2.33. The molecule has 0 unspecified atom stereocenters. The van der Waals surface area contributed by atoms with Crippen LogP contribution in [0.5, 0.6) is 0 Å². The quantitative estimate of drug-likeness (QED) is 0.742. The minimum atomic E-state index is 0.229. The third-order valence-electron chi connectivity index (χ3n) is 6.25. The lowest BCUT2D eigenvalue weighted by atomic mass is 10.0. The summed E-state index contributed by atoms with van der Waals surface area (Å²) in [4.78, 5) is 23.5. The predicted molar refractivity (Wildman–Crippen MR) is 109 cm³/mol. The van der Waals surface area contributed by atoms with E-state index in [1.165, 1.54) is 25.7 Å². The number of hydrogen-bond donors (Lipinski definition) is 1. The Morgan fingerprint density at radius 2 is 1.89 bits per heavy atom. The Morgan fingerprint density at radius 3 is 2.71 bits per heavy atom. The Balaban J connectivity index is 1.26. The summed E-state index contributed by atoms with van der Waals surface area (Å²) in [6, 6.07) is 8.23. The number of amides is 1. The first-order valence-electron chi connectivity index (χ1n) is 10.4. The van der Waals surface area contributed by atoms with Crippen molar-refractivity contribution in [3.63, 3.8) is 0 Å². The molecule has 6 heteroatoms. The zero-order valence-electron chi connectivity index (χ0n) is 16.1. The van der Waals surface area contributed by atoms with Crippen LogP contribution in [0, 0.1) is 5.92 Å². The zero-order valence-corrected chi connectivity index (χ0v) is 16.1. The van der Waals surface area contributed by atoms with Gasteiger partial charge in [-0.1, -0.05) is 25.0 Å². The molecule has 1 aromatic carbocycles. The third kappa shape index (κ3) is 3.32. The maximum atomic E-state index is 12.3. The van der Waals surface area contributed by atoms with E-state index in [2.05, 4.69) is 20.2 Å². The number of para-hydroxylation sites is 1. The van der Waals surface area contributed by atoms with Gasteiger partial charge in [-0.05, 0) is 43.7 Å². The molecule has 6 nitrogen and oxygen atoms in total. The molecular formula is C22H26N4O2. The van der Waals surface area contributed by atoms with E-state index in [1.54, 1.807) is 6.33 Å². The topological polar surface area (TPSA) is 71.3 Å². The molecule has 1 aliphatic carbocycles. The number of carbonyl (C=O) groups is 1. The summed E-state index contributed by atoms with van der Waals surface area (Å²) in [5, 5.41) is 4.28. The van der Waals surface area contributed by atoms with E-state index in [0.717, 1.165) is 53.8 Å². The van der Waals surface area contributed by atoms with E-state index >= 15 is 0 Å². The molecule has 1 saturated heterocycles. The molecule has 28 heavy (non-hydrogen) atoms. The Kier molecular flexibility index (Phi) is 4.63. The van der Waals surface area contributed by atoms with Crippen LogP contribution in [0.2, 0.25) is 0 Å². The average Bonchev–Trinajstić information content (AvgIpc) is 3.36. The fourth-order valence-electron chi connectivity index (χ4n) is 4.74. The number of hydrogen-bond acceptors (Lipinski definition) is 5. The van der Waals surface area contributed by atoms with Gasteiger partial charge in [0.05, 0.1) is 0 Å². The number of benzene rings is 1.